The highest BCUT2D eigenvalue weighted by Gasteiger charge is 2.30. The molecule has 0 spiro atoms. The van der Waals surface area contributed by atoms with E-state index in [9.17, 15) is 29.6 Å². The van der Waals surface area contributed by atoms with Crippen molar-refractivity contribution in [2.45, 2.75) is 6.04 Å². The zero-order chi connectivity index (χ0) is 21.7. The number of carbonyl (C=O) groups is 3. The van der Waals surface area contributed by atoms with Crippen LogP contribution < -0.4 is 10.2 Å². The minimum absolute atomic E-state index is 0.00573. The van der Waals surface area contributed by atoms with Gasteiger partial charge < -0.3 is 20.2 Å². The average Bonchev–Trinajstić information content (AvgIpc) is 3.31. The first-order valence-corrected chi connectivity index (χ1v) is 10.1. The Bertz CT molecular complexity index is 923. The number of anilines is 1. The highest BCUT2D eigenvalue weighted by atomic mass is 32.1. The van der Waals surface area contributed by atoms with Crippen molar-refractivity contribution in [2.75, 3.05) is 37.7 Å². The number of aliphatic hydroxyl groups excluding tert-OH is 1. The van der Waals surface area contributed by atoms with E-state index < -0.39 is 35.2 Å². The average molecular weight is 432 g/mol. The lowest BCUT2D eigenvalue weighted by atomic mass is 10.2. The molecule has 1 saturated heterocycles. The van der Waals surface area contributed by atoms with Gasteiger partial charge in [0.15, 0.2) is 0 Å². The third-order valence-corrected chi connectivity index (χ3v) is 5.62. The standard InChI is InChI=1S/C19H20N4O6S/c24-12-15(20-18(26)17(25)16-2-1-11-30-16)19(27)22-9-7-21(8-10-22)13-3-5-14(6-4-13)23(28)29/h1-6,11,15,24H,7-10,12H2,(H,20,26). The summed E-state index contributed by atoms with van der Waals surface area (Å²) in [5.41, 5.74) is 0.812. The van der Waals surface area contributed by atoms with E-state index >= 15 is 0 Å². The van der Waals surface area contributed by atoms with Crippen molar-refractivity contribution < 1.29 is 24.4 Å². The number of amides is 2. The number of rotatable bonds is 7. The van der Waals surface area contributed by atoms with Crippen LogP contribution >= 0.6 is 11.3 Å². The van der Waals surface area contributed by atoms with Gasteiger partial charge in [-0.15, -0.1) is 11.3 Å². The van der Waals surface area contributed by atoms with E-state index in [1.54, 1.807) is 23.6 Å². The number of nitro groups is 1. The predicted octanol–water partition coefficient (Wildman–Crippen LogP) is 0.665. The normalized spacial score (nSPS) is 14.8. The topological polar surface area (TPSA) is 133 Å². The molecule has 10 nitrogen and oxygen atoms in total. The Labute approximate surface area is 175 Å². The van der Waals surface area contributed by atoms with E-state index in [0.717, 1.165) is 17.0 Å². The van der Waals surface area contributed by atoms with Crippen molar-refractivity contribution in [3.8, 4) is 0 Å². The van der Waals surface area contributed by atoms with Gasteiger partial charge in [-0.1, -0.05) is 6.07 Å². The summed E-state index contributed by atoms with van der Waals surface area (Å²) < 4.78 is 0. The highest BCUT2D eigenvalue weighted by Crippen LogP contribution is 2.21. The number of ketones is 1. The molecular formula is C19H20N4O6S. The van der Waals surface area contributed by atoms with Crippen molar-refractivity contribution >= 4 is 40.3 Å². The maximum Gasteiger partial charge on any atom is 0.293 e. The van der Waals surface area contributed by atoms with E-state index in [4.69, 9.17) is 0 Å². The van der Waals surface area contributed by atoms with Gasteiger partial charge in [-0.25, -0.2) is 0 Å². The number of nitrogens with zero attached hydrogens (tertiary/aromatic N) is 3. The molecule has 1 atom stereocenters. The first-order chi connectivity index (χ1) is 14.4. The van der Waals surface area contributed by atoms with Crippen LogP contribution in [0.2, 0.25) is 0 Å². The number of hydrogen-bond donors (Lipinski definition) is 2. The molecular weight excluding hydrogens is 412 g/mol. The van der Waals surface area contributed by atoms with Crippen molar-refractivity contribution in [3.05, 3.63) is 56.8 Å². The minimum Gasteiger partial charge on any atom is -0.394 e. The van der Waals surface area contributed by atoms with E-state index in [0.29, 0.717) is 26.2 Å². The molecule has 2 N–H and O–H groups in total. The predicted molar refractivity (Wildman–Crippen MR) is 110 cm³/mol. The minimum atomic E-state index is -1.20. The molecule has 1 unspecified atom stereocenters. The van der Waals surface area contributed by atoms with Crippen LogP contribution in [-0.4, -0.2) is 71.4 Å². The van der Waals surface area contributed by atoms with Gasteiger partial charge in [-0.2, -0.15) is 0 Å². The Morgan fingerprint density at radius 2 is 1.80 bits per heavy atom. The fraction of sp³-hybridized carbons (Fsp3) is 0.316. The smallest absolute Gasteiger partial charge is 0.293 e. The van der Waals surface area contributed by atoms with Crippen molar-refractivity contribution in [3.63, 3.8) is 0 Å². The lowest BCUT2D eigenvalue weighted by molar-refractivity contribution is -0.384. The van der Waals surface area contributed by atoms with Crippen LogP contribution in [0, 0.1) is 10.1 Å². The lowest BCUT2D eigenvalue weighted by Crippen LogP contribution is -2.56. The second-order valence-corrected chi connectivity index (χ2v) is 7.55. The molecule has 11 heteroatoms. The van der Waals surface area contributed by atoms with Crippen LogP contribution in [0.15, 0.2) is 41.8 Å². The van der Waals surface area contributed by atoms with Gasteiger partial charge >= 0.3 is 0 Å². The summed E-state index contributed by atoms with van der Waals surface area (Å²) in [5, 5.41) is 24.3. The number of carbonyl (C=O) groups excluding carboxylic acids is 3. The first-order valence-electron chi connectivity index (χ1n) is 9.18. The number of non-ortho nitro benzene ring substituents is 1. The number of nitro benzene ring substituents is 1. The molecule has 2 amide bonds. The van der Waals surface area contributed by atoms with E-state index in [1.165, 1.54) is 23.1 Å². The Morgan fingerprint density at radius 3 is 2.33 bits per heavy atom. The van der Waals surface area contributed by atoms with Crippen LogP contribution in [0.4, 0.5) is 11.4 Å². The fourth-order valence-corrected chi connectivity index (χ4v) is 3.78. The third-order valence-electron chi connectivity index (χ3n) is 4.75. The maximum atomic E-state index is 12.7. The Hall–Kier alpha value is -3.31. The summed E-state index contributed by atoms with van der Waals surface area (Å²) in [4.78, 5) is 50.9. The molecule has 0 saturated carbocycles. The van der Waals surface area contributed by atoms with Gasteiger partial charge in [0.25, 0.3) is 17.4 Å². The molecule has 0 bridgehead atoms. The third kappa shape index (κ3) is 4.81. The zero-order valence-corrected chi connectivity index (χ0v) is 16.7. The van der Waals surface area contributed by atoms with E-state index in [2.05, 4.69) is 5.32 Å². The maximum absolute atomic E-state index is 12.7. The molecule has 1 aromatic heterocycles. The van der Waals surface area contributed by atoms with Crippen LogP contribution in [-0.2, 0) is 9.59 Å². The summed E-state index contributed by atoms with van der Waals surface area (Å²) >= 11 is 1.12. The van der Waals surface area contributed by atoms with E-state index in [-0.39, 0.29) is 10.6 Å². The van der Waals surface area contributed by atoms with Crippen LogP contribution in [0.3, 0.4) is 0 Å². The molecule has 3 rings (SSSR count). The highest BCUT2D eigenvalue weighted by molar-refractivity contribution is 7.13. The number of hydrogen-bond acceptors (Lipinski definition) is 8. The van der Waals surface area contributed by atoms with Crippen LogP contribution in [0.25, 0.3) is 0 Å². The second kappa shape index (κ2) is 9.46. The van der Waals surface area contributed by atoms with Crippen molar-refractivity contribution in [1.29, 1.82) is 0 Å². The number of nitrogens with one attached hydrogen (secondary N) is 1. The summed E-state index contributed by atoms with van der Waals surface area (Å²) in [6, 6.07) is 8.12. The summed E-state index contributed by atoms with van der Waals surface area (Å²) in [7, 11) is 0. The Morgan fingerprint density at radius 1 is 1.13 bits per heavy atom. The van der Waals surface area contributed by atoms with Gasteiger partial charge in [0, 0.05) is 44.0 Å². The number of piperazine rings is 1. The molecule has 0 radical (unpaired) electrons. The zero-order valence-electron chi connectivity index (χ0n) is 15.9. The number of benzene rings is 1. The number of thiophene rings is 1. The summed E-state index contributed by atoms with van der Waals surface area (Å²) in [5.74, 6) is -2.15. The van der Waals surface area contributed by atoms with Crippen molar-refractivity contribution in [2.24, 2.45) is 0 Å². The Kier molecular flexibility index (Phi) is 6.75. The molecule has 2 heterocycles. The van der Waals surface area contributed by atoms with E-state index in [1.807, 2.05) is 4.90 Å². The molecule has 1 aliphatic rings. The van der Waals surface area contributed by atoms with Crippen LogP contribution in [0.1, 0.15) is 9.67 Å². The van der Waals surface area contributed by atoms with Gasteiger partial charge in [0.1, 0.15) is 6.04 Å². The number of Topliss-reactive ketones (excluding diaryl/α,β-unsaturated/α-hetero) is 1. The van der Waals surface area contributed by atoms with Gasteiger partial charge in [0.2, 0.25) is 5.91 Å². The van der Waals surface area contributed by atoms with Crippen LogP contribution in [0.5, 0.6) is 0 Å². The van der Waals surface area contributed by atoms with Gasteiger partial charge in [-0.3, -0.25) is 24.5 Å². The van der Waals surface area contributed by atoms with Gasteiger partial charge in [0.05, 0.1) is 16.4 Å². The summed E-state index contributed by atoms with van der Waals surface area (Å²) in [6.07, 6.45) is 0. The molecule has 1 aliphatic heterocycles. The quantitative estimate of drug-likeness (QED) is 0.284. The number of aliphatic hydroxyl groups is 1. The second-order valence-electron chi connectivity index (χ2n) is 6.60. The Balaban J connectivity index is 1.55. The van der Waals surface area contributed by atoms with Gasteiger partial charge in [-0.05, 0) is 23.6 Å². The fourth-order valence-electron chi connectivity index (χ4n) is 3.12. The molecule has 2 aromatic rings. The molecule has 1 fully saturated rings. The lowest BCUT2D eigenvalue weighted by Gasteiger charge is -2.37. The molecule has 30 heavy (non-hydrogen) atoms. The monoisotopic (exact) mass is 432 g/mol. The van der Waals surface area contributed by atoms with Crippen molar-refractivity contribution in [1.82, 2.24) is 10.2 Å². The summed E-state index contributed by atoms with van der Waals surface area (Å²) in [6.45, 7) is 1.06. The SMILES string of the molecule is O=C(NC(CO)C(=O)N1CCN(c2ccc([N+](=O)[O-])cc2)CC1)C(=O)c1cccs1. The molecule has 158 valence electrons. The molecule has 1 aromatic carbocycles. The largest absolute Gasteiger partial charge is 0.394 e. The molecule has 0 aliphatic carbocycles. The first kappa shape index (κ1) is 21.4.